The van der Waals surface area contributed by atoms with E-state index in [1.165, 1.54) is 0 Å². The van der Waals surface area contributed by atoms with Crippen LogP contribution in [0.4, 0.5) is 11.4 Å². The van der Waals surface area contributed by atoms with Crippen molar-refractivity contribution in [3.05, 3.63) is 46.8 Å². The predicted molar refractivity (Wildman–Crippen MR) is 124 cm³/mol. The number of carbonyl (C=O) groups is 1. The molecule has 1 aliphatic heterocycles. The second kappa shape index (κ2) is 8.94. The number of morpholine rings is 1. The highest BCUT2D eigenvalue weighted by atomic mass is 79.9. The zero-order valence-electron chi connectivity index (χ0n) is 17.6. The van der Waals surface area contributed by atoms with Gasteiger partial charge in [0.05, 0.1) is 35.7 Å². The van der Waals surface area contributed by atoms with Crippen LogP contribution in [0.5, 0.6) is 0 Å². The van der Waals surface area contributed by atoms with Gasteiger partial charge in [0.25, 0.3) is 5.91 Å². The number of halogens is 1. The number of nitrogens with zero attached hydrogens (tertiary/aromatic N) is 4. The number of carbonyl (C=O) groups excluding carboxylic acids is 1. The number of amides is 1. The van der Waals surface area contributed by atoms with Crippen LogP contribution in [0.2, 0.25) is 0 Å². The van der Waals surface area contributed by atoms with Gasteiger partial charge in [0.15, 0.2) is 0 Å². The van der Waals surface area contributed by atoms with Crippen molar-refractivity contribution in [3.63, 3.8) is 0 Å². The van der Waals surface area contributed by atoms with Crippen LogP contribution >= 0.6 is 15.9 Å². The standard InChI is InChI=1S/C22H26BrN5O3/c1-22(2,30)6-7-28-14-15-12-18(25-21(29)16-4-3-5-20(23)24-16)19(13-17(15)26-28)27-8-10-31-11-9-27/h3-5,12-14,30H,6-11H2,1-2H3,(H,25,29). The van der Waals surface area contributed by atoms with Crippen molar-refractivity contribution in [2.75, 3.05) is 36.5 Å². The van der Waals surface area contributed by atoms with Crippen LogP contribution in [-0.4, -0.2) is 57.7 Å². The van der Waals surface area contributed by atoms with Crippen LogP contribution in [0.3, 0.4) is 0 Å². The molecule has 0 atom stereocenters. The molecule has 1 aliphatic rings. The molecule has 0 unspecified atom stereocenters. The Hall–Kier alpha value is -2.49. The Morgan fingerprint density at radius 3 is 2.77 bits per heavy atom. The summed E-state index contributed by atoms with van der Waals surface area (Å²) in [5.41, 5.74) is 2.04. The van der Waals surface area contributed by atoms with Gasteiger partial charge in [0.1, 0.15) is 10.3 Å². The van der Waals surface area contributed by atoms with Gasteiger partial charge in [-0.3, -0.25) is 9.48 Å². The van der Waals surface area contributed by atoms with Gasteiger partial charge in [-0.25, -0.2) is 4.98 Å². The van der Waals surface area contributed by atoms with E-state index in [0.29, 0.717) is 42.2 Å². The van der Waals surface area contributed by atoms with Crippen molar-refractivity contribution < 1.29 is 14.6 Å². The topological polar surface area (TPSA) is 92.5 Å². The summed E-state index contributed by atoms with van der Waals surface area (Å²) in [5, 5.41) is 18.6. The second-order valence-electron chi connectivity index (χ2n) is 8.28. The lowest BCUT2D eigenvalue weighted by atomic mass is 10.1. The smallest absolute Gasteiger partial charge is 0.274 e. The SMILES string of the molecule is CC(C)(O)CCn1cc2cc(NC(=O)c3cccc(Br)n3)c(N3CCOCC3)cc2n1. The second-order valence-corrected chi connectivity index (χ2v) is 9.09. The Labute approximate surface area is 189 Å². The lowest BCUT2D eigenvalue weighted by Gasteiger charge is -2.30. The average Bonchev–Trinajstić information content (AvgIpc) is 3.14. The molecule has 8 nitrogen and oxygen atoms in total. The first-order valence-corrected chi connectivity index (χ1v) is 11.1. The largest absolute Gasteiger partial charge is 0.390 e. The summed E-state index contributed by atoms with van der Waals surface area (Å²) in [4.78, 5) is 19.3. The molecular formula is C22H26BrN5O3. The number of benzene rings is 1. The van der Waals surface area contributed by atoms with Crippen LogP contribution < -0.4 is 10.2 Å². The molecule has 3 aromatic rings. The Morgan fingerprint density at radius 2 is 2.06 bits per heavy atom. The van der Waals surface area contributed by atoms with Crippen LogP contribution in [0.25, 0.3) is 10.9 Å². The van der Waals surface area contributed by atoms with E-state index in [9.17, 15) is 9.90 Å². The highest BCUT2D eigenvalue weighted by Crippen LogP contribution is 2.32. The lowest BCUT2D eigenvalue weighted by molar-refractivity contribution is 0.0651. The van der Waals surface area contributed by atoms with Crippen LogP contribution in [0.15, 0.2) is 41.1 Å². The van der Waals surface area contributed by atoms with Crippen LogP contribution in [-0.2, 0) is 11.3 Å². The zero-order chi connectivity index (χ0) is 22.0. The van der Waals surface area contributed by atoms with Gasteiger partial charge in [-0.05, 0) is 60.5 Å². The molecule has 3 heterocycles. The number of aromatic nitrogens is 3. The van der Waals surface area contributed by atoms with E-state index in [1.807, 2.05) is 23.0 Å². The zero-order valence-corrected chi connectivity index (χ0v) is 19.2. The number of nitrogens with one attached hydrogen (secondary N) is 1. The molecule has 1 fully saturated rings. The predicted octanol–water partition coefficient (Wildman–Crippen LogP) is 3.44. The minimum atomic E-state index is -0.757. The number of anilines is 2. The molecule has 9 heteroatoms. The number of aryl methyl sites for hydroxylation is 1. The molecular weight excluding hydrogens is 462 g/mol. The molecule has 2 aromatic heterocycles. The first-order valence-electron chi connectivity index (χ1n) is 10.3. The highest BCUT2D eigenvalue weighted by molar-refractivity contribution is 9.10. The van der Waals surface area contributed by atoms with Crippen molar-refractivity contribution in [1.82, 2.24) is 14.8 Å². The van der Waals surface area contributed by atoms with Crippen molar-refractivity contribution in [3.8, 4) is 0 Å². The molecule has 0 aliphatic carbocycles. The summed E-state index contributed by atoms with van der Waals surface area (Å²) < 4.78 is 7.94. The number of hydrogen-bond acceptors (Lipinski definition) is 6. The monoisotopic (exact) mass is 487 g/mol. The molecule has 1 amide bonds. The van der Waals surface area contributed by atoms with E-state index in [-0.39, 0.29) is 5.91 Å². The lowest BCUT2D eigenvalue weighted by Crippen LogP contribution is -2.36. The quantitative estimate of drug-likeness (QED) is 0.517. The molecule has 1 aromatic carbocycles. The summed E-state index contributed by atoms with van der Waals surface area (Å²) in [5.74, 6) is -0.274. The minimum absolute atomic E-state index is 0.274. The molecule has 4 rings (SSSR count). The maximum Gasteiger partial charge on any atom is 0.274 e. The third kappa shape index (κ3) is 5.41. The van der Waals surface area contributed by atoms with Gasteiger partial charge >= 0.3 is 0 Å². The Bertz CT molecular complexity index is 1090. The fraction of sp³-hybridized carbons (Fsp3) is 0.409. The summed E-state index contributed by atoms with van der Waals surface area (Å²) in [6.45, 7) is 6.94. The number of ether oxygens (including phenoxy) is 1. The Kier molecular flexibility index (Phi) is 6.27. The van der Waals surface area contributed by atoms with Crippen molar-refractivity contribution in [1.29, 1.82) is 0 Å². The summed E-state index contributed by atoms with van der Waals surface area (Å²) in [7, 11) is 0. The van der Waals surface area contributed by atoms with Gasteiger partial charge in [-0.2, -0.15) is 5.10 Å². The van der Waals surface area contributed by atoms with E-state index in [0.717, 1.165) is 29.7 Å². The minimum Gasteiger partial charge on any atom is -0.390 e. The number of rotatable bonds is 6. The molecule has 164 valence electrons. The summed E-state index contributed by atoms with van der Waals surface area (Å²) >= 11 is 3.31. The molecule has 2 N–H and O–H groups in total. The van der Waals surface area contributed by atoms with E-state index < -0.39 is 5.60 Å². The molecule has 31 heavy (non-hydrogen) atoms. The molecule has 1 saturated heterocycles. The first kappa shape index (κ1) is 21.7. The normalized spacial score (nSPS) is 14.8. The molecule has 0 radical (unpaired) electrons. The molecule has 0 bridgehead atoms. The number of fused-ring (bicyclic) bond motifs is 1. The van der Waals surface area contributed by atoms with E-state index in [2.05, 4.69) is 36.2 Å². The van der Waals surface area contributed by atoms with Gasteiger partial charge in [-0.15, -0.1) is 0 Å². The van der Waals surface area contributed by atoms with Gasteiger partial charge < -0.3 is 20.1 Å². The maximum absolute atomic E-state index is 12.9. The summed E-state index contributed by atoms with van der Waals surface area (Å²) in [6.07, 6.45) is 2.53. The van der Waals surface area contributed by atoms with E-state index in [4.69, 9.17) is 4.74 Å². The molecule has 0 spiro atoms. The maximum atomic E-state index is 12.9. The number of aliphatic hydroxyl groups is 1. The van der Waals surface area contributed by atoms with Crippen molar-refractivity contribution in [2.45, 2.75) is 32.4 Å². The molecule has 0 saturated carbocycles. The van der Waals surface area contributed by atoms with Crippen LogP contribution in [0.1, 0.15) is 30.8 Å². The first-order chi connectivity index (χ1) is 14.8. The van der Waals surface area contributed by atoms with E-state index in [1.54, 1.807) is 32.0 Å². The van der Waals surface area contributed by atoms with E-state index >= 15 is 0 Å². The third-order valence-corrected chi connectivity index (χ3v) is 5.61. The summed E-state index contributed by atoms with van der Waals surface area (Å²) in [6, 6.07) is 9.20. The van der Waals surface area contributed by atoms with Gasteiger partial charge in [0.2, 0.25) is 0 Å². The fourth-order valence-electron chi connectivity index (χ4n) is 3.50. The van der Waals surface area contributed by atoms with Gasteiger partial charge in [-0.1, -0.05) is 6.07 Å². The fourth-order valence-corrected chi connectivity index (χ4v) is 3.85. The van der Waals surface area contributed by atoms with Crippen molar-refractivity contribution >= 4 is 44.1 Å². The highest BCUT2D eigenvalue weighted by Gasteiger charge is 2.20. The average molecular weight is 488 g/mol. The number of pyridine rings is 1. The third-order valence-electron chi connectivity index (χ3n) is 5.17. The van der Waals surface area contributed by atoms with Crippen molar-refractivity contribution in [2.24, 2.45) is 0 Å². The Balaban J connectivity index is 1.67. The van der Waals surface area contributed by atoms with Crippen LogP contribution in [0, 0.1) is 0 Å². The Morgan fingerprint density at radius 1 is 1.29 bits per heavy atom. The number of hydrogen-bond donors (Lipinski definition) is 2. The van der Waals surface area contributed by atoms with Gasteiger partial charge in [0, 0.05) is 31.2 Å².